The zero-order chi connectivity index (χ0) is 22.0. The van der Waals surface area contributed by atoms with Crippen molar-refractivity contribution in [3.63, 3.8) is 0 Å². The number of fused-ring (bicyclic) bond motifs is 1. The Morgan fingerprint density at radius 1 is 1.19 bits per heavy atom. The second-order valence-corrected chi connectivity index (χ2v) is 7.32. The lowest BCUT2D eigenvalue weighted by atomic mass is 9.98. The highest BCUT2D eigenvalue weighted by Gasteiger charge is 2.34. The summed E-state index contributed by atoms with van der Waals surface area (Å²) in [7, 11) is 1.55. The normalized spacial score (nSPS) is 16.8. The van der Waals surface area contributed by atoms with Gasteiger partial charge < -0.3 is 19.7 Å². The molecule has 0 radical (unpaired) electrons. The van der Waals surface area contributed by atoms with Crippen molar-refractivity contribution < 1.29 is 23.5 Å². The highest BCUT2D eigenvalue weighted by molar-refractivity contribution is 6.03. The van der Waals surface area contributed by atoms with E-state index in [0.29, 0.717) is 30.2 Å². The molecule has 2 aromatic carbocycles. The van der Waals surface area contributed by atoms with Crippen molar-refractivity contribution in [3.8, 4) is 11.5 Å². The number of hydrogen-bond donors (Lipinski definition) is 1. The van der Waals surface area contributed by atoms with E-state index < -0.39 is 0 Å². The molecule has 9 heteroatoms. The van der Waals surface area contributed by atoms with Gasteiger partial charge >= 0.3 is 6.03 Å². The van der Waals surface area contributed by atoms with E-state index in [1.165, 1.54) is 22.0 Å². The van der Waals surface area contributed by atoms with Crippen LogP contribution in [0.5, 0.6) is 11.5 Å². The Bertz CT molecular complexity index is 1020. The lowest BCUT2D eigenvalue weighted by Crippen LogP contribution is -2.43. The number of urea groups is 1. The molecule has 8 nitrogen and oxygen atoms in total. The smallest absolute Gasteiger partial charge is 0.317 e. The summed E-state index contributed by atoms with van der Waals surface area (Å²) in [6, 6.07) is 10.8. The number of nitrogens with one attached hydrogen (secondary N) is 1. The van der Waals surface area contributed by atoms with Crippen LogP contribution in [0.25, 0.3) is 0 Å². The van der Waals surface area contributed by atoms with Gasteiger partial charge in [0.05, 0.1) is 11.8 Å². The van der Waals surface area contributed by atoms with Gasteiger partial charge in [-0.05, 0) is 42.3 Å². The molecule has 0 spiro atoms. The molecule has 4 rings (SSSR count). The molecule has 2 aliphatic heterocycles. The molecule has 0 saturated heterocycles. The minimum atomic E-state index is -0.385. The largest absolute Gasteiger partial charge is 0.454 e. The van der Waals surface area contributed by atoms with E-state index in [9.17, 15) is 14.0 Å². The van der Waals surface area contributed by atoms with Crippen LogP contribution in [0.2, 0.25) is 0 Å². The SMILES string of the molecule is CCNC(=O)N(C)CC(=O)N1N=C(c2ccc(F)cc2)C[C@H]1c1ccc2c(c1)OCO2. The summed E-state index contributed by atoms with van der Waals surface area (Å²) in [4.78, 5) is 26.4. The van der Waals surface area contributed by atoms with E-state index in [-0.39, 0.29) is 37.1 Å². The van der Waals surface area contributed by atoms with E-state index in [0.717, 1.165) is 11.1 Å². The molecule has 0 bridgehead atoms. The minimum Gasteiger partial charge on any atom is -0.454 e. The molecule has 162 valence electrons. The molecular weight excluding hydrogens is 403 g/mol. The molecule has 2 heterocycles. The zero-order valence-corrected chi connectivity index (χ0v) is 17.3. The molecular formula is C22H23FN4O4. The quantitative estimate of drug-likeness (QED) is 0.797. The lowest BCUT2D eigenvalue weighted by Gasteiger charge is -2.25. The number of halogens is 1. The zero-order valence-electron chi connectivity index (χ0n) is 17.3. The number of hydrogen-bond acceptors (Lipinski definition) is 5. The molecule has 31 heavy (non-hydrogen) atoms. The van der Waals surface area contributed by atoms with E-state index >= 15 is 0 Å². The van der Waals surface area contributed by atoms with E-state index in [2.05, 4.69) is 10.4 Å². The first-order valence-electron chi connectivity index (χ1n) is 10.00. The highest BCUT2D eigenvalue weighted by atomic mass is 19.1. The van der Waals surface area contributed by atoms with Gasteiger partial charge in [0.2, 0.25) is 6.79 Å². The molecule has 0 unspecified atom stereocenters. The van der Waals surface area contributed by atoms with Crippen LogP contribution in [0.1, 0.15) is 30.5 Å². The summed E-state index contributed by atoms with van der Waals surface area (Å²) in [5.74, 6) is 0.592. The van der Waals surface area contributed by atoms with Crippen molar-refractivity contribution >= 4 is 17.6 Å². The standard InChI is InChI=1S/C22H23FN4O4/c1-3-24-22(29)26(2)12-21(28)27-18(15-6-9-19-20(10-15)31-13-30-19)11-17(25-27)14-4-7-16(23)8-5-14/h4-10,18H,3,11-13H2,1-2H3,(H,24,29)/t18-/m0/s1. The van der Waals surface area contributed by atoms with Crippen LogP contribution in [-0.2, 0) is 4.79 Å². The summed E-state index contributed by atoms with van der Waals surface area (Å²) in [6.45, 7) is 2.30. The lowest BCUT2D eigenvalue weighted by molar-refractivity contribution is -0.133. The van der Waals surface area contributed by atoms with Gasteiger partial charge in [-0.1, -0.05) is 18.2 Å². The monoisotopic (exact) mass is 426 g/mol. The highest BCUT2D eigenvalue weighted by Crippen LogP contribution is 2.39. The van der Waals surface area contributed by atoms with Crippen LogP contribution in [0.3, 0.4) is 0 Å². The summed E-state index contributed by atoms with van der Waals surface area (Å²) in [6.07, 6.45) is 0.446. The Balaban J connectivity index is 1.62. The van der Waals surface area contributed by atoms with E-state index in [4.69, 9.17) is 9.47 Å². The summed E-state index contributed by atoms with van der Waals surface area (Å²) in [5.41, 5.74) is 2.23. The van der Waals surface area contributed by atoms with Crippen molar-refractivity contribution in [1.82, 2.24) is 15.2 Å². The number of carbonyl (C=O) groups excluding carboxylic acids is 2. The maximum Gasteiger partial charge on any atom is 0.317 e. The number of nitrogens with zero attached hydrogens (tertiary/aromatic N) is 3. The predicted octanol–water partition coefficient (Wildman–Crippen LogP) is 2.89. The van der Waals surface area contributed by atoms with Crippen LogP contribution >= 0.6 is 0 Å². The first kappa shape index (κ1) is 20.6. The summed E-state index contributed by atoms with van der Waals surface area (Å²) in [5, 5.41) is 8.61. The number of rotatable bonds is 5. The molecule has 0 fully saturated rings. The van der Waals surface area contributed by atoms with Crippen LogP contribution in [0.4, 0.5) is 9.18 Å². The fourth-order valence-corrected chi connectivity index (χ4v) is 3.57. The number of amides is 3. The van der Waals surface area contributed by atoms with Crippen LogP contribution in [-0.4, -0.2) is 54.5 Å². The van der Waals surface area contributed by atoms with Gasteiger partial charge in [0.25, 0.3) is 5.91 Å². The topological polar surface area (TPSA) is 83.5 Å². The minimum absolute atomic E-state index is 0.132. The molecule has 2 aromatic rings. The van der Waals surface area contributed by atoms with Crippen LogP contribution in [0.15, 0.2) is 47.6 Å². The van der Waals surface area contributed by atoms with Crippen LogP contribution in [0, 0.1) is 5.82 Å². The molecule has 1 N–H and O–H groups in total. The van der Waals surface area contributed by atoms with Crippen molar-refractivity contribution in [1.29, 1.82) is 0 Å². The van der Waals surface area contributed by atoms with Crippen LogP contribution < -0.4 is 14.8 Å². The first-order valence-corrected chi connectivity index (χ1v) is 10.00. The third-order valence-corrected chi connectivity index (χ3v) is 5.17. The average Bonchev–Trinajstić information content (AvgIpc) is 3.41. The number of benzene rings is 2. The van der Waals surface area contributed by atoms with Crippen molar-refractivity contribution in [2.24, 2.45) is 5.10 Å². The molecule has 0 aromatic heterocycles. The van der Waals surface area contributed by atoms with Crippen molar-refractivity contribution in [3.05, 3.63) is 59.4 Å². The van der Waals surface area contributed by atoms with Gasteiger partial charge in [-0.2, -0.15) is 5.10 Å². The van der Waals surface area contributed by atoms with Gasteiger partial charge in [0.15, 0.2) is 11.5 Å². The van der Waals surface area contributed by atoms with Gasteiger partial charge in [-0.15, -0.1) is 0 Å². The Labute approximate surface area is 179 Å². The number of likely N-dealkylation sites (N-methyl/N-ethyl adjacent to an activating group) is 1. The maximum atomic E-state index is 13.4. The Morgan fingerprint density at radius 3 is 2.68 bits per heavy atom. The third kappa shape index (κ3) is 4.30. The van der Waals surface area contributed by atoms with Crippen molar-refractivity contribution in [2.75, 3.05) is 26.9 Å². The number of carbonyl (C=O) groups is 2. The Hall–Kier alpha value is -3.62. The second-order valence-electron chi connectivity index (χ2n) is 7.32. The molecule has 0 saturated carbocycles. The first-order chi connectivity index (χ1) is 15.0. The molecule has 0 aliphatic carbocycles. The van der Waals surface area contributed by atoms with Gasteiger partial charge in [-0.25, -0.2) is 14.2 Å². The van der Waals surface area contributed by atoms with Gasteiger partial charge in [0, 0.05) is 20.0 Å². The second kappa shape index (κ2) is 8.63. The average molecular weight is 426 g/mol. The van der Waals surface area contributed by atoms with Gasteiger partial charge in [0.1, 0.15) is 12.4 Å². The summed E-state index contributed by atoms with van der Waals surface area (Å²) < 4.78 is 24.2. The number of hydrazone groups is 1. The van der Waals surface area contributed by atoms with E-state index in [1.54, 1.807) is 25.2 Å². The van der Waals surface area contributed by atoms with Crippen molar-refractivity contribution in [2.45, 2.75) is 19.4 Å². The van der Waals surface area contributed by atoms with E-state index in [1.807, 2.05) is 19.1 Å². The fraction of sp³-hybridized carbons (Fsp3) is 0.318. The third-order valence-electron chi connectivity index (χ3n) is 5.17. The fourth-order valence-electron chi connectivity index (χ4n) is 3.57. The molecule has 3 amide bonds. The summed E-state index contributed by atoms with van der Waals surface area (Å²) >= 11 is 0. The Morgan fingerprint density at radius 2 is 1.94 bits per heavy atom. The maximum absolute atomic E-state index is 13.4. The Kier molecular flexibility index (Phi) is 5.75. The number of ether oxygens (including phenoxy) is 2. The molecule has 1 atom stereocenters. The van der Waals surface area contributed by atoms with Gasteiger partial charge in [-0.3, -0.25) is 4.79 Å². The predicted molar refractivity (Wildman–Crippen MR) is 111 cm³/mol. The molecule has 2 aliphatic rings.